The average molecular weight is 362 g/mol. The second-order valence-corrected chi connectivity index (χ2v) is 7.61. The van der Waals surface area contributed by atoms with Crippen molar-refractivity contribution in [1.82, 2.24) is 5.32 Å². The number of ether oxygens (including phenoxy) is 2. The Morgan fingerprint density at radius 2 is 1.92 bits per heavy atom. The van der Waals surface area contributed by atoms with Gasteiger partial charge < -0.3 is 19.9 Å². The third kappa shape index (κ3) is 4.30. The number of anilines is 1. The number of amides is 1. The normalized spacial score (nSPS) is 24.9. The van der Waals surface area contributed by atoms with Gasteiger partial charge >= 0.3 is 6.09 Å². The molecule has 2 saturated carbocycles. The van der Waals surface area contributed by atoms with Gasteiger partial charge in [-0.1, -0.05) is 20.3 Å². The molecule has 6 heteroatoms. The Hall–Kier alpha value is -1.79. The van der Waals surface area contributed by atoms with Gasteiger partial charge in [0, 0.05) is 24.3 Å². The zero-order valence-corrected chi connectivity index (χ0v) is 15.9. The predicted octanol–water partition coefficient (Wildman–Crippen LogP) is 2.80. The topological polar surface area (TPSA) is 71.0 Å². The minimum atomic E-state index is -0.561. The summed E-state index contributed by atoms with van der Waals surface area (Å²) in [6, 6.07) is 8.05. The third-order valence-electron chi connectivity index (χ3n) is 5.35. The van der Waals surface area contributed by atoms with E-state index in [1.54, 1.807) is 4.90 Å². The van der Waals surface area contributed by atoms with E-state index in [0.29, 0.717) is 30.2 Å². The molecule has 2 N–H and O–H groups in total. The lowest BCUT2D eigenvalue weighted by atomic mass is 10.2. The van der Waals surface area contributed by atoms with E-state index in [0.717, 1.165) is 5.69 Å². The van der Waals surface area contributed by atoms with Crippen LogP contribution < -0.4 is 15.0 Å². The van der Waals surface area contributed by atoms with E-state index in [1.165, 1.54) is 26.4 Å². The molecule has 3 rings (SSSR count). The van der Waals surface area contributed by atoms with Crippen LogP contribution in [0.4, 0.5) is 10.5 Å². The number of aliphatic hydroxyl groups is 1. The van der Waals surface area contributed by atoms with Crippen LogP contribution in [0.15, 0.2) is 24.3 Å². The molecule has 1 aromatic carbocycles. The van der Waals surface area contributed by atoms with Crippen LogP contribution in [0.3, 0.4) is 0 Å². The maximum Gasteiger partial charge on any atom is 0.414 e. The number of hydrogen-bond donors (Lipinski definition) is 2. The Balaban J connectivity index is 1.58. The van der Waals surface area contributed by atoms with Crippen LogP contribution in [0.5, 0.6) is 5.75 Å². The lowest BCUT2D eigenvalue weighted by Gasteiger charge is -2.23. The van der Waals surface area contributed by atoms with Crippen LogP contribution in [0.2, 0.25) is 0 Å². The number of benzene rings is 1. The summed E-state index contributed by atoms with van der Waals surface area (Å²) in [6.45, 7) is 4.80. The first-order valence-corrected chi connectivity index (χ1v) is 9.52. The summed E-state index contributed by atoms with van der Waals surface area (Å²) < 4.78 is 10.7. The molecule has 3 atom stereocenters. The third-order valence-corrected chi connectivity index (χ3v) is 5.35. The quantitative estimate of drug-likeness (QED) is 0.744. The average Bonchev–Trinajstić information content (AvgIpc) is 3.08. The molecule has 2 fully saturated rings. The van der Waals surface area contributed by atoms with Gasteiger partial charge in [0.1, 0.15) is 18.5 Å². The molecule has 144 valence electrons. The zero-order chi connectivity index (χ0) is 18.7. The fraction of sp³-hybridized carbons (Fsp3) is 0.650. The molecule has 3 unspecified atom stereocenters. The fourth-order valence-corrected chi connectivity index (χ4v) is 3.99. The Bertz CT molecular complexity index is 594. The summed E-state index contributed by atoms with van der Waals surface area (Å²) in [4.78, 5) is 14.1. The van der Waals surface area contributed by atoms with Crippen molar-refractivity contribution in [2.45, 2.75) is 51.3 Å². The number of nitrogens with one attached hydrogen (secondary N) is 1. The number of carbonyl (C=O) groups excluding carboxylic acids is 1. The van der Waals surface area contributed by atoms with Gasteiger partial charge in [-0.3, -0.25) is 4.90 Å². The monoisotopic (exact) mass is 362 g/mol. The largest absolute Gasteiger partial charge is 0.491 e. The highest BCUT2D eigenvalue weighted by molar-refractivity contribution is 5.89. The second kappa shape index (κ2) is 8.27. The van der Waals surface area contributed by atoms with E-state index >= 15 is 0 Å². The molecule has 2 aliphatic carbocycles. The van der Waals surface area contributed by atoms with Gasteiger partial charge in [0.15, 0.2) is 0 Å². The van der Waals surface area contributed by atoms with Crippen molar-refractivity contribution in [2.24, 2.45) is 11.8 Å². The van der Waals surface area contributed by atoms with Crippen LogP contribution in [-0.2, 0) is 4.74 Å². The van der Waals surface area contributed by atoms with Gasteiger partial charge in [-0.15, -0.1) is 0 Å². The molecule has 26 heavy (non-hydrogen) atoms. The van der Waals surface area contributed by atoms with Crippen molar-refractivity contribution in [2.75, 3.05) is 25.2 Å². The van der Waals surface area contributed by atoms with Gasteiger partial charge in [0.2, 0.25) is 0 Å². The van der Waals surface area contributed by atoms with Crippen LogP contribution in [-0.4, -0.2) is 49.6 Å². The maximum absolute atomic E-state index is 12.3. The number of aliphatic hydroxyl groups excluding tert-OH is 1. The van der Waals surface area contributed by atoms with Crippen molar-refractivity contribution in [1.29, 1.82) is 0 Å². The highest BCUT2D eigenvalue weighted by Gasteiger charge is 2.57. The van der Waals surface area contributed by atoms with Crippen molar-refractivity contribution in [3.63, 3.8) is 0 Å². The number of carbonyl (C=O) groups is 1. The molecule has 1 amide bonds. The summed E-state index contributed by atoms with van der Waals surface area (Å²) in [5.41, 5.74) is 0.839. The van der Waals surface area contributed by atoms with Gasteiger partial charge in [0.05, 0.1) is 7.11 Å². The molecule has 0 bridgehead atoms. The first kappa shape index (κ1) is 19.0. The summed E-state index contributed by atoms with van der Waals surface area (Å²) in [7, 11) is 1.43. The summed E-state index contributed by atoms with van der Waals surface area (Å²) >= 11 is 0. The Kier molecular flexibility index (Phi) is 6.04. The predicted molar refractivity (Wildman–Crippen MR) is 101 cm³/mol. The van der Waals surface area contributed by atoms with Crippen LogP contribution in [0.25, 0.3) is 0 Å². The SMILES string of the molecule is COC(=O)N(c1ccc(OCC(O)CNC(C)C)cc1)C1C2CCCC21. The molecule has 0 heterocycles. The lowest BCUT2D eigenvalue weighted by molar-refractivity contribution is 0.104. The molecule has 0 aromatic heterocycles. The molecule has 2 aliphatic rings. The van der Waals surface area contributed by atoms with Gasteiger partial charge in [-0.2, -0.15) is 0 Å². The first-order chi connectivity index (χ1) is 12.5. The molecule has 0 spiro atoms. The van der Waals surface area contributed by atoms with Gasteiger partial charge in [0.25, 0.3) is 0 Å². The Labute approximate surface area is 155 Å². The summed E-state index contributed by atoms with van der Waals surface area (Å²) in [5.74, 6) is 1.92. The number of nitrogens with zero attached hydrogens (tertiary/aromatic N) is 1. The van der Waals surface area contributed by atoms with E-state index in [2.05, 4.69) is 5.32 Å². The van der Waals surface area contributed by atoms with Crippen LogP contribution in [0, 0.1) is 11.8 Å². The second-order valence-electron chi connectivity index (χ2n) is 7.61. The molecular weight excluding hydrogens is 332 g/mol. The molecule has 0 aliphatic heterocycles. The highest BCUT2D eigenvalue weighted by atomic mass is 16.5. The van der Waals surface area contributed by atoms with Crippen LogP contribution >= 0.6 is 0 Å². The number of fused-ring (bicyclic) bond motifs is 1. The first-order valence-electron chi connectivity index (χ1n) is 9.52. The van der Waals surface area contributed by atoms with E-state index in [1.807, 2.05) is 38.1 Å². The van der Waals surface area contributed by atoms with Crippen LogP contribution in [0.1, 0.15) is 33.1 Å². The molecule has 1 aromatic rings. The minimum absolute atomic E-state index is 0.229. The molecule has 6 nitrogen and oxygen atoms in total. The van der Waals surface area contributed by atoms with E-state index in [-0.39, 0.29) is 18.7 Å². The standard InChI is InChI=1S/C20H30N2O4/c1-13(2)21-11-15(23)12-26-16-9-7-14(8-10-16)22(20(24)25-3)19-17-5-4-6-18(17)19/h7-10,13,15,17-19,21,23H,4-6,11-12H2,1-3H3. The maximum atomic E-state index is 12.3. The molecular formula is C20H30N2O4. The number of hydrogen-bond acceptors (Lipinski definition) is 5. The highest BCUT2D eigenvalue weighted by Crippen LogP contribution is 2.55. The van der Waals surface area contributed by atoms with Crippen molar-refractivity contribution in [3.8, 4) is 5.75 Å². The molecule has 0 radical (unpaired) electrons. The van der Waals surface area contributed by atoms with E-state index in [9.17, 15) is 9.90 Å². The molecule has 0 saturated heterocycles. The van der Waals surface area contributed by atoms with Gasteiger partial charge in [-0.25, -0.2) is 4.79 Å². The summed E-state index contributed by atoms with van der Waals surface area (Å²) in [5, 5.41) is 13.1. The number of methoxy groups -OCH3 is 1. The Morgan fingerprint density at radius 1 is 1.27 bits per heavy atom. The Morgan fingerprint density at radius 3 is 2.50 bits per heavy atom. The fourth-order valence-electron chi connectivity index (χ4n) is 3.99. The van der Waals surface area contributed by atoms with Crippen molar-refractivity contribution >= 4 is 11.8 Å². The lowest BCUT2D eigenvalue weighted by Crippen LogP contribution is -2.35. The van der Waals surface area contributed by atoms with E-state index in [4.69, 9.17) is 9.47 Å². The minimum Gasteiger partial charge on any atom is -0.491 e. The number of rotatable bonds is 8. The van der Waals surface area contributed by atoms with Crippen molar-refractivity contribution < 1.29 is 19.4 Å². The van der Waals surface area contributed by atoms with Crippen molar-refractivity contribution in [3.05, 3.63) is 24.3 Å². The smallest absolute Gasteiger partial charge is 0.414 e. The summed E-state index contributed by atoms with van der Waals surface area (Å²) in [6.07, 6.45) is 2.81. The van der Waals surface area contributed by atoms with Gasteiger partial charge in [-0.05, 0) is 48.9 Å². The zero-order valence-electron chi connectivity index (χ0n) is 15.9. The van der Waals surface area contributed by atoms with E-state index < -0.39 is 6.10 Å².